The van der Waals surface area contributed by atoms with Gasteiger partial charge in [0.05, 0.1) is 6.04 Å². The molecule has 1 amide bonds. The first-order chi connectivity index (χ1) is 7.07. The van der Waals surface area contributed by atoms with E-state index in [4.69, 9.17) is 5.73 Å². The fourth-order valence-corrected chi connectivity index (χ4v) is 2.29. The van der Waals surface area contributed by atoms with Crippen LogP contribution in [-0.2, 0) is 4.79 Å². The minimum absolute atomic E-state index is 0.138. The molecule has 0 aromatic rings. The molecule has 0 aromatic heterocycles. The number of nitrogens with zero attached hydrogens (tertiary/aromatic N) is 1. The Kier molecular flexibility index (Phi) is 4.58. The number of carbonyl (C=O) groups excluding carboxylic acids is 1. The SMILES string of the molecule is CCN(C(=O)C(N)C(C)C)C1CCCC1. The Morgan fingerprint density at radius 2 is 1.93 bits per heavy atom. The number of hydrogen-bond donors (Lipinski definition) is 1. The summed E-state index contributed by atoms with van der Waals surface area (Å²) < 4.78 is 0. The molecular weight excluding hydrogens is 188 g/mol. The average molecular weight is 212 g/mol. The number of carbonyl (C=O) groups is 1. The van der Waals surface area contributed by atoms with Gasteiger partial charge in [0.2, 0.25) is 5.91 Å². The second kappa shape index (κ2) is 5.50. The van der Waals surface area contributed by atoms with E-state index in [0.29, 0.717) is 6.04 Å². The van der Waals surface area contributed by atoms with E-state index in [-0.39, 0.29) is 17.9 Å². The molecule has 15 heavy (non-hydrogen) atoms. The zero-order chi connectivity index (χ0) is 11.4. The van der Waals surface area contributed by atoms with Crippen molar-refractivity contribution in [1.82, 2.24) is 4.90 Å². The van der Waals surface area contributed by atoms with Gasteiger partial charge < -0.3 is 10.6 Å². The molecule has 1 aliphatic rings. The van der Waals surface area contributed by atoms with Gasteiger partial charge in [-0.25, -0.2) is 0 Å². The van der Waals surface area contributed by atoms with Crippen LogP contribution in [0, 0.1) is 5.92 Å². The van der Waals surface area contributed by atoms with Crippen LogP contribution in [0.4, 0.5) is 0 Å². The zero-order valence-corrected chi connectivity index (χ0v) is 10.2. The van der Waals surface area contributed by atoms with Crippen LogP contribution in [0.5, 0.6) is 0 Å². The molecule has 0 saturated heterocycles. The molecule has 0 bridgehead atoms. The second-order valence-corrected chi connectivity index (χ2v) is 4.83. The summed E-state index contributed by atoms with van der Waals surface area (Å²) in [6.45, 7) is 6.85. The highest BCUT2D eigenvalue weighted by atomic mass is 16.2. The molecule has 1 rings (SSSR count). The van der Waals surface area contributed by atoms with Gasteiger partial charge in [0, 0.05) is 12.6 Å². The molecule has 2 N–H and O–H groups in total. The smallest absolute Gasteiger partial charge is 0.239 e. The Labute approximate surface area is 93.0 Å². The normalized spacial score (nSPS) is 19.5. The molecule has 1 saturated carbocycles. The van der Waals surface area contributed by atoms with Crippen molar-refractivity contribution in [1.29, 1.82) is 0 Å². The van der Waals surface area contributed by atoms with E-state index in [1.807, 2.05) is 25.7 Å². The van der Waals surface area contributed by atoms with Crippen LogP contribution in [0.15, 0.2) is 0 Å². The first-order valence-corrected chi connectivity index (χ1v) is 6.14. The summed E-state index contributed by atoms with van der Waals surface area (Å²) in [4.78, 5) is 14.1. The monoisotopic (exact) mass is 212 g/mol. The average Bonchev–Trinajstić information content (AvgIpc) is 2.70. The Hall–Kier alpha value is -0.570. The molecule has 1 atom stereocenters. The molecular formula is C12H24N2O. The van der Waals surface area contributed by atoms with Crippen LogP contribution in [0.2, 0.25) is 0 Å². The van der Waals surface area contributed by atoms with Gasteiger partial charge in [-0.1, -0.05) is 26.7 Å². The molecule has 1 unspecified atom stereocenters. The van der Waals surface area contributed by atoms with Crippen LogP contribution in [0.3, 0.4) is 0 Å². The minimum atomic E-state index is -0.328. The summed E-state index contributed by atoms with van der Waals surface area (Å²) in [7, 11) is 0. The summed E-state index contributed by atoms with van der Waals surface area (Å²) in [5.74, 6) is 0.368. The standard InChI is InChI=1S/C12H24N2O/c1-4-14(10-7-5-6-8-10)12(15)11(13)9(2)3/h9-11H,4-8,13H2,1-3H3. The van der Waals surface area contributed by atoms with E-state index >= 15 is 0 Å². The summed E-state index contributed by atoms with van der Waals surface area (Å²) in [6.07, 6.45) is 4.82. The van der Waals surface area contributed by atoms with Crippen LogP contribution in [-0.4, -0.2) is 29.4 Å². The van der Waals surface area contributed by atoms with Crippen molar-refractivity contribution in [3.63, 3.8) is 0 Å². The zero-order valence-electron chi connectivity index (χ0n) is 10.2. The summed E-state index contributed by atoms with van der Waals surface area (Å²) in [6, 6.07) is 0.123. The number of nitrogens with two attached hydrogens (primary N) is 1. The van der Waals surface area contributed by atoms with E-state index in [0.717, 1.165) is 19.4 Å². The molecule has 3 nitrogen and oxygen atoms in total. The summed E-state index contributed by atoms with van der Waals surface area (Å²) >= 11 is 0. The Bertz CT molecular complexity index is 210. The quantitative estimate of drug-likeness (QED) is 0.772. The minimum Gasteiger partial charge on any atom is -0.339 e. The lowest BCUT2D eigenvalue weighted by molar-refractivity contribution is -0.135. The predicted octanol–water partition coefficient (Wildman–Crippen LogP) is 1.76. The highest BCUT2D eigenvalue weighted by molar-refractivity contribution is 5.82. The van der Waals surface area contributed by atoms with Crippen LogP contribution in [0.25, 0.3) is 0 Å². The number of likely N-dealkylation sites (N-methyl/N-ethyl adjacent to an activating group) is 1. The molecule has 0 aliphatic heterocycles. The third-order valence-electron chi connectivity index (χ3n) is 3.39. The first kappa shape index (κ1) is 12.5. The fraction of sp³-hybridized carbons (Fsp3) is 0.917. The van der Waals surface area contributed by atoms with E-state index in [1.54, 1.807) is 0 Å². The molecule has 0 aromatic carbocycles. The number of hydrogen-bond acceptors (Lipinski definition) is 2. The lowest BCUT2D eigenvalue weighted by atomic mass is 10.0. The van der Waals surface area contributed by atoms with Gasteiger partial charge in [0.25, 0.3) is 0 Å². The van der Waals surface area contributed by atoms with Crippen LogP contribution in [0.1, 0.15) is 46.5 Å². The van der Waals surface area contributed by atoms with E-state index in [9.17, 15) is 4.79 Å². The third-order valence-corrected chi connectivity index (χ3v) is 3.39. The van der Waals surface area contributed by atoms with Crippen molar-refractivity contribution >= 4 is 5.91 Å². The largest absolute Gasteiger partial charge is 0.339 e. The summed E-state index contributed by atoms with van der Waals surface area (Å²) in [5.41, 5.74) is 5.91. The van der Waals surface area contributed by atoms with Crippen molar-refractivity contribution in [3.8, 4) is 0 Å². The summed E-state index contributed by atoms with van der Waals surface area (Å²) in [5, 5.41) is 0. The lowest BCUT2D eigenvalue weighted by Crippen LogP contribution is -2.49. The maximum atomic E-state index is 12.1. The van der Waals surface area contributed by atoms with Gasteiger partial charge in [-0.15, -0.1) is 0 Å². The highest BCUT2D eigenvalue weighted by Gasteiger charge is 2.29. The Balaban J connectivity index is 2.60. The number of amides is 1. The predicted molar refractivity (Wildman–Crippen MR) is 62.5 cm³/mol. The lowest BCUT2D eigenvalue weighted by Gasteiger charge is -2.31. The van der Waals surface area contributed by atoms with E-state index in [2.05, 4.69) is 0 Å². The van der Waals surface area contributed by atoms with E-state index in [1.165, 1.54) is 12.8 Å². The molecule has 3 heteroatoms. The molecule has 88 valence electrons. The van der Waals surface area contributed by atoms with E-state index < -0.39 is 0 Å². The highest BCUT2D eigenvalue weighted by Crippen LogP contribution is 2.24. The molecule has 1 fully saturated rings. The van der Waals surface area contributed by atoms with Crippen molar-refractivity contribution in [3.05, 3.63) is 0 Å². The molecule has 0 radical (unpaired) electrons. The van der Waals surface area contributed by atoms with Gasteiger partial charge in [-0.05, 0) is 25.7 Å². The number of rotatable bonds is 4. The Morgan fingerprint density at radius 3 is 2.33 bits per heavy atom. The van der Waals surface area contributed by atoms with Crippen molar-refractivity contribution in [2.24, 2.45) is 11.7 Å². The van der Waals surface area contributed by atoms with Gasteiger partial charge in [0.15, 0.2) is 0 Å². The van der Waals surface area contributed by atoms with Crippen LogP contribution < -0.4 is 5.73 Å². The molecule has 0 heterocycles. The maximum Gasteiger partial charge on any atom is 0.239 e. The van der Waals surface area contributed by atoms with Crippen LogP contribution >= 0.6 is 0 Å². The Morgan fingerprint density at radius 1 is 1.40 bits per heavy atom. The van der Waals surface area contributed by atoms with Gasteiger partial charge in [-0.2, -0.15) is 0 Å². The van der Waals surface area contributed by atoms with Gasteiger partial charge in [0.1, 0.15) is 0 Å². The maximum absolute atomic E-state index is 12.1. The second-order valence-electron chi connectivity index (χ2n) is 4.83. The molecule has 1 aliphatic carbocycles. The molecule has 0 spiro atoms. The van der Waals surface area contributed by atoms with Crippen molar-refractivity contribution in [2.45, 2.75) is 58.5 Å². The topological polar surface area (TPSA) is 46.3 Å². The first-order valence-electron chi connectivity index (χ1n) is 6.14. The van der Waals surface area contributed by atoms with Crippen molar-refractivity contribution < 1.29 is 4.79 Å². The van der Waals surface area contributed by atoms with Crippen molar-refractivity contribution in [2.75, 3.05) is 6.54 Å². The third kappa shape index (κ3) is 2.94. The van der Waals surface area contributed by atoms with Gasteiger partial charge in [-0.3, -0.25) is 4.79 Å². The fourth-order valence-electron chi connectivity index (χ4n) is 2.29. The van der Waals surface area contributed by atoms with Gasteiger partial charge >= 0.3 is 0 Å².